The molecule has 16 heavy (non-hydrogen) atoms. The topological polar surface area (TPSA) is 102 Å². The molecule has 0 aromatic rings. The third-order valence-corrected chi connectivity index (χ3v) is 2.73. The number of hydrogen-bond donors (Lipinski definition) is 3. The highest BCUT2D eigenvalue weighted by molar-refractivity contribution is 5.89. The average Bonchev–Trinajstić information content (AvgIpc) is 2.68. The van der Waals surface area contributed by atoms with Crippen molar-refractivity contribution in [1.29, 1.82) is 0 Å². The van der Waals surface area contributed by atoms with E-state index in [9.17, 15) is 9.59 Å². The van der Waals surface area contributed by atoms with E-state index in [2.05, 4.69) is 5.32 Å². The molecule has 6 heteroatoms. The van der Waals surface area contributed by atoms with Gasteiger partial charge in [0, 0.05) is 13.0 Å². The van der Waals surface area contributed by atoms with E-state index < -0.39 is 23.5 Å². The lowest BCUT2D eigenvalue weighted by Crippen LogP contribution is -2.58. The number of nitrogens with two attached hydrogens (primary N) is 1. The fraction of sp³-hybridized carbons (Fsp3) is 0.800. The van der Waals surface area contributed by atoms with Crippen LogP contribution < -0.4 is 11.1 Å². The molecule has 1 aliphatic rings. The first-order chi connectivity index (χ1) is 7.52. The van der Waals surface area contributed by atoms with Gasteiger partial charge in [-0.15, -0.1) is 0 Å². The van der Waals surface area contributed by atoms with Gasteiger partial charge in [-0.1, -0.05) is 13.3 Å². The lowest BCUT2D eigenvalue weighted by molar-refractivity contribution is -0.147. The maximum atomic E-state index is 11.6. The van der Waals surface area contributed by atoms with E-state index in [1.165, 1.54) is 0 Å². The minimum Gasteiger partial charge on any atom is -0.479 e. The van der Waals surface area contributed by atoms with Crippen molar-refractivity contribution in [2.45, 2.75) is 37.8 Å². The minimum absolute atomic E-state index is 0.00686. The summed E-state index contributed by atoms with van der Waals surface area (Å²) in [5, 5.41) is 11.6. The van der Waals surface area contributed by atoms with E-state index in [0.29, 0.717) is 13.0 Å². The second-order valence-electron chi connectivity index (χ2n) is 4.07. The first-order valence-corrected chi connectivity index (χ1v) is 5.40. The van der Waals surface area contributed by atoms with Gasteiger partial charge < -0.3 is 20.9 Å². The Hall–Kier alpha value is -1.14. The summed E-state index contributed by atoms with van der Waals surface area (Å²) in [5.41, 5.74) is 4.33. The number of carboxylic acids is 1. The van der Waals surface area contributed by atoms with Crippen LogP contribution in [0.5, 0.6) is 0 Å². The highest BCUT2D eigenvalue weighted by atomic mass is 16.5. The second kappa shape index (κ2) is 5.27. The second-order valence-corrected chi connectivity index (χ2v) is 4.07. The van der Waals surface area contributed by atoms with Gasteiger partial charge in [-0.25, -0.2) is 4.79 Å². The first kappa shape index (κ1) is 12.9. The zero-order chi connectivity index (χ0) is 12.2. The van der Waals surface area contributed by atoms with Gasteiger partial charge >= 0.3 is 5.97 Å². The fourth-order valence-corrected chi connectivity index (χ4v) is 1.66. The van der Waals surface area contributed by atoms with Crippen molar-refractivity contribution >= 4 is 11.9 Å². The quantitative estimate of drug-likeness (QED) is 0.589. The van der Waals surface area contributed by atoms with Gasteiger partial charge in [-0.3, -0.25) is 4.79 Å². The van der Waals surface area contributed by atoms with Crippen LogP contribution >= 0.6 is 0 Å². The fourth-order valence-electron chi connectivity index (χ4n) is 1.66. The molecule has 0 aromatic heterocycles. The van der Waals surface area contributed by atoms with Gasteiger partial charge in [0.2, 0.25) is 5.91 Å². The Morgan fingerprint density at radius 3 is 2.75 bits per heavy atom. The van der Waals surface area contributed by atoms with E-state index in [1.54, 1.807) is 0 Å². The number of hydrogen-bond acceptors (Lipinski definition) is 4. The van der Waals surface area contributed by atoms with Crippen LogP contribution in [0.25, 0.3) is 0 Å². The third kappa shape index (κ3) is 2.70. The maximum Gasteiger partial charge on any atom is 0.331 e. The molecule has 1 heterocycles. The summed E-state index contributed by atoms with van der Waals surface area (Å²) in [5.74, 6) is -1.49. The molecular weight excluding hydrogens is 212 g/mol. The predicted octanol–water partition coefficient (Wildman–Crippen LogP) is -0.526. The lowest BCUT2D eigenvalue weighted by atomic mass is 9.98. The van der Waals surface area contributed by atoms with Crippen molar-refractivity contribution < 1.29 is 19.4 Å². The third-order valence-electron chi connectivity index (χ3n) is 2.73. The molecule has 0 radical (unpaired) electrons. The van der Waals surface area contributed by atoms with Gasteiger partial charge in [0.1, 0.15) is 0 Å². The van der Waals surface area contributed by atoms with Gasteiger partial charge in [-0.2, -0.15) is 0 Å². The van der Waals surface area contributed by atoms with Crippen LogP contribution in [-0.4, -0.2) is 41.8 Å². The molecule has 4 N–H and O–H groups in total. The predicted molar refractivity (Wildman–Crippen MR) is 56.8 cm³/mol. The summed E-state index contributed by atoms with van der Waals surface area (Å²) in [6.07, 6.45) is 1.61. The molecule has 1 fully saturated rings. The van der Waals surface area contributed by atoms with Crippen molar-refractivity contribution in [3.05, 3.63) is 0 Å². The van der Waals surface area contributed by atoms with Crippen molar-refractivity contribution in [1.82, 2.24) is 5.32 Å². The van der Waals surface area contributed by atoms with Gasteiger partial charge in [0.15, 0.2) is 5.54 Å². The van der Waals surface area contributed by atoms with Gasteiger partial charge in [0.25, 0.3) is 0 Å². The lowest BCUT2D eigenvalue weighted by Gasteiger charge is -2.25. The average molecular weight is 230 g/mol. The molecule has 1 amide bonds. The molecule has 1 aliphatic heterocycles. The van der Waals surface area contributed by atoms with Crippen LogP contribution in [0.2, 0.25) is 0 Å². The highest BCUT2D eigenvalue weighted by Crippen LogP contribution is 2.19. The largest absolute Gasteiger partial charge is 0.479 e. The summed E-state index contributed by atoms with van der Waals surface area (Å²) < 4.78 is 5.03. The summed E-state index contributed by atoms with van der Waals surface area (Å²) >= 11 is 0. The van der Waals surface area contributed by atoms with E-state index in [1.807, 2.05) is 6.92 Å². The van der Waals surface area contributed by atoms with Crippen LogP contribution in [0.3, 0.4) is 0 Å². The molecule has 0 aliphatic carbocycles. The Balaban J connectivity index is 2.62. The number of amides is 1. The number of rotatable bonds is 5. The number of carboxylic acid groups (broad SMARTS) is 1. The summed E-state index contributed by atoms with van der Waals surface area (Å²) in [4.78, 5) is 22.7. The number of carbonyl (C=O) groups is 2. The van der Waals surface area contributed by atoms with Crippen LogP contribution in [0, 0.1) is 0 Å². The van der Waals surface area contributed by atoms with Crippen molar-refractivity contribution in [2.75, 3.05) is 13.2 Å². The Morgan fingerprint density at radius 1 is 1.62 bits per heavy atom. The Labute approximate surface area is 94.1 Å². The van der Waals surface area contributed by atoms with E-state index in [4.69, 9.17) is 15.6 Å². The van der Waals surface area contributed by atoms with Gasteiger partial charge in [-0.05, 0) is 6.42 Å². The van der Waals surface area contributed by atoms with Crippen molar-refractivity contribution in [3.63, 3.8) is 0 Å². The first-order valence-electron chi connectivity index (χ1n) is 5.40. The zero-order valence-electron chi connectivity index (χ0n) is 9.36. The molecule has 0 saturated carbocycles. The van der Waals surface area contributed by atoms with Crippen LogP contribution in [0.4, 0.5) is 0 Å². The SMILES string of the molecule is CCC[C@@H](N)C(=O)NC1(C(=O)O)CCOC1. The number of aliphatic carboxylic acids is 1. The van der Waals surface area contributed by atoms with Gasteiger partial charge in [0.05, 0.1) is 12.6 Å². The van der Waals surface area contributed by atoms with Crippen LogP contribution in [0.15, 0.2) is 0 Å². The van der Waals surface area contributed by atoms with E-state index in [0.717, 1.165) is 6.42 Å². The Morgan fingerprint density at radius 2 is 2.31 bits per heavy atom. The van der Waals surface area contributed by atoms with Crippen molar-refractivity contribution in [2.24, 2.45) is 5.73 Å². The van der Waals surface area contributed by atoms with E-state index >= 15 is 0 Å². The van der Waals surface area contributed by atoms with E-state index in [-0.39, 0.29) is 13.0 Å². The number of ether oxygens (including phenoxy) is 1. The summed E-state index contributed by atoms with van der Waals surface area (Å²) in [6, 6.07) is -0.651. The zero-order valence-corrected chi connectivity index (χ0v) is 9.36. The molecule has 6 nitrogen and oxygen atoms in total. The Bertz CT molecular complexity index is 274. The van der Waals surface area contributed by atoms with Crippen molar-refractivity contribution in [3.8, 4) is 0 Å². The normalized spacial score (nSPS) is 26.4. The molecule has 1 saturated heterocycles. The smallest absolute Gasteiger partial charge is 0.331 e. The molecule has 1 unspecified atom stereocenters. The molecule has 0 spiro atoms. The summed E-state index contributed by atoms with van der Waals surface area (Å²) in [6.45, 7) is 2.27. The molecule has 92 valence electrons. The molecule has 1 rings (SSSR count). The molecule has 2 atom stereocenters. The van der Waals surface area contributed by atoms with Crippen LogP contribution in [-0.2, 0) is 14.3 Å². The highest BCUT2D eigenvalue weighted by Gasteiger charge is 2.44. The number of carbonyl (C=O) groups excluding carboxylic acids is 1. The molecular formula is C10H18N2O4. The maximum absolute atomic E-state index is 11.6. The molecule has 0 bridgehead atoms. The minimum atomic E-state index is -1.29. The monoisotopic (exact) mass is 230 g/mol. The number of nitrogens with one attached hydrogen (secondary N) is 1. The molecule has 0 aromatic carbocycles. The standard InChI is InChI=1S/C10H18N2O4/c1-2-3-7(11)8(13)12-10(9(14)15)4-5-16-6-10/h7H,2-6,11H2,1H3,(H,12,13)(H,14,15)/t7-,10?/m1/s1. The Kier molecular flexibility index (Phi) is 4.26. The summed E-state index contributed by atoms with van der Waals surface area (Å²) in [7, 11) is 0. The van der Waals surface area contributed by atoms with Crippen LogP contribution in [0.1, 0.15) is 26.2 Å².